The Hall–Kier alpha value is -3.78. The Bertz CT molecular complexity index is 1350. The van der Waals surface area contributed by atoms with Gasteiger partial charge in [-0.15, -0.1) is 11.3 Å². The molecule has 0 saturated heterocycles. The van der Waals surface area contributed by atoms with Gasteiger partial charge in [-0.1, -0.05) is 30.3 Å². The lowest BCUT2D eigenvalue weighted by atomic mass is 10.1. The van der Waals surface area contributed by atoms with Gasteiger partial charge in [0.15, 0.2) is 5.65 Å². The molecule has 154 valence electrons. The van der Waals surface area contributed by atoms with Crippen molar-refractivity contribution >= 4 is 28.3 Å². The third-order valence-corrected chi connectivity index (χ3v) is 6.10. The van der Waals surface area contributed by atoms with Crippen molar-refractivity contribution in [3.63, 3.8) is 0 Å². The van der Waals surface area contributed by atoms with E-state index in [1.54, 1.807) is 28.5 Å². The van der Waals surface area contributed by atoms with Gasteiger partial charge >= 0.3 is 0 Å². The Morgan fingerprint density at radius 2 is 2.06 bits per heavy atom. The van der Waals surface area contributed by atoms with Gasteiger partial charge in [-0.05, 0) is 35.6 Å². The first-order valence-corrected chi connectivity index (χ1v) is 10.7. The van der Waals surface area contributed by atoms with Gasteiger partial charge in [-0.25, -0.2) is 9.97 Å². The van der Waals surface area contributed by atoms with E-state index in [1.807, 2.05) is 61.8 Å². The molecule has 7 nitrogen and oxygen atoms in total. The summed E-state index contributed by atoms with van der Waals surface area (Å²) in [5, 5.41) is 10.3. The highest BCUT2D eigenvalue weighted by Crippen LogP contribution is 2.29. The van der Waals surface area contributed by atoms with E-state index in [9.17, 15) is 4.79 Å². The van der Waals surface area contributed by atoms with Crippen LogP contribution in [0.3, 0.4) is 0 Å². The van der Waals surface area contributed by atoms with Crippen molar-refractivity contribution in [1.29, 1.82) is 0 Å². The molecule has 4 heterocycles. The normalized spacial score (nSPS) is 11.2. The maximum atomic E-state index is 13.2. The van der Waals surface area contributed by atoms with Crippen LogP contribution in [0.25, 0.3) is 32.9 Å². The third kappa shape index (κ3) is 3.62. The summed E-state index contributed by atoms with van der Waals surface area (Å²) in [7, 11) is 1.85. The number of pyridine rings is 1. The molecule has 0 atom stereocenters. The summed E-state index contributed by atoms with van der Waals surface area (Å²) in [6.45, 7) is 2.33. The van der Waals surface area contributed by atoms with Crippen LogP contribution in [0.2, 0.25) is 0 Å². The fraction of sp³-hybridized carbons (Fsp3) is 0.130. The van der Waals surface area contributed by atoms with Gasteiger partial charge in [-0.2, -0.15) is 5.10 Å². The van der Waals surface area contributed by atoms with Crippen LogP contribution in [0.5, 0.6) is 0 Å². The van der Waals surface area contributed by atoms with E-state index in [2.05, 4.69) is 20.4 Å². The lowest BCUT2D eigenvalue weighted by Crippen LogP contribution is -2.23. The molecule has 0 aliphatic heterocycles. The van der Waals surface area contributed by atoms with Gasteiger partial charge in [0, 0.05) is 13.6 Å². The third-order valence-electron chi connectivity index (χ3n) is 5.20. The predicted molar refractivity (Wildman–Crippen MR) is 122 cm³/mol. The maximum absolute atomic E-state index is 13.2. The minimum Gasteiger partial charge on any atom is -0.348 e. The molecule has 31 heavy (non-hydrogen) atoms. The summed E-state index contributed by atoms with van der Waals surface area (Å²) in [6, 6.07) is 13.9. The number of aryl methyl sites for hydroxylation is 2. The van der Waals surface area contributed by atoms with Crippen molar-refractivity contribution in [3.05, 3.63) is 77.2 Å². The highest BCUT2D eigenvalue weighted by atomic mass is 32.1. The molecular weight excluding hydrogens is 408 g/mol. The number of carbonyl (C=O) groups excluding carboxylic acids is 1. The number of amides is 1. The van der Waals surface area contributed by atoms with Crippen molar-refractivity contribution < 1.29 is 4.79 Å². The van der Waals surface area contributed by atoms with Crippen molar-refractivity contribution in [2.24, 2.45) is 7.05 Å². The quantitative estimate of drug-likeness (QED) is 0.436. The zero-order valence-corrected chi connectivity index (χ0v) is 17.9. The van der Waals surface area contributed by atoms with Gasteiger partial charge in [0.25, 0.3) is 5.91 Å². The van der Waals surface area contributed by atoms with Crippen molar-refractivity contribution in [3.8, 4) is 21.8 Å². The number of carbonyl (C=O) groups is 1. The number of nitrogens with zero attached hydrogens (tertiary/aromatic N) is 4. The second-order valence-corrected chi connectivity index (χ2v) is 8.23. The molecule has 2 N–H and O–H groups in total. The van der Waals surface area contributed by atoms with Crippen LogP contribution in [0.4, 0.5) is 0 Å². The predicted octanol–water partition coefficient (Wildman–Crippen LogP) is 4.33. The minimum absolute atomic E-state index is 0.140. The van der Waals surface area contributed by atoms with Crippen LogP contribution in [0.15, 0.2) is 60.4 Å². The van der Waals surface area contributed by atoms with Gasteiger partial charge < -0.3 is 10.3 Å². The molecule has 5 aromatic rings. The fourth-order valence-corrected chi connectivity index (χ4v) is 4.35. The molecular formula is C23H20N6OS. The number of hydrogen-bond acceptors (Lipinski definition) is 5. The van der Waals surface area contributed by atoms with Crippen molar-refractivity contribution in [2.45, 2.75) is 13.5 Å². The summed E-state index contributed by atoms with van der Waals surface area (Å²) in [5.41, 5.74) is 5.89. The smallest absolute Gasteiger partial charge is 0.252 e. The van der Waals surface area contributed by atoms with Crippen LogP contribution >= 0.6 is 11.3 Å². The monoisotopic (exact) mass is 428 g/mol. The van der Waals surface area contributed by atoms with E-state index in [4.69, 9.17) is 4.98 Å². The zero-order valence-electron chi connectivity index (χ0n) is 17.1. The van der Waals surface area contributed by atoms with Crippen LogP contribution in [0, 0.1) is 6.92 Å². The lowest BCUT2D eigenvalue weighted by molar-refractivity contribution is 0.0952. The topological polar surface area (TPSA) is 88.5 Å². The molecule has 1 amide bonds. The standard InChI is InChI=1S/C23H20N6OS/c1-14-21-17(10-18(20-4-3-9-31-20)27-22(21)29(2)28-14)23(30)25-11-15-5-7-16(8-6-15)19-12-24-13-26-19/h3-10,12-13H,11H2,1-2H3,(H,24,26)(H,25,30). The largest absolute Gasteiger partial charge is 0.348 e. The number of hydrogen-bond donors (Lipinski definition) is 2. The van der Waals surface area contributed by atoms with Crippen molar-refractivity contribution in [2.75, 3.05) is 0 Å². The summed E-state index contributed by atoms with van der Waals surface area (Å²) < 4.78 is 1.73. The van der Waals surface area contributed by atoms with Gasteiger partial charge in [0.05, 0.1) is 45.4 Å². The molecule has 0 unspecified atom stereocenters. The number of thiophene rings is 1. The number of aromatic amines is 1. The molecule has 0 fully saturated rings. The van der Waals surface area contributed by atoms with Crippen LogP contribution < -0.4 is 5.32 Å². The molecule has 0 aliphatic carbocycles. The van der Waals surface area contributed by atoms with Crippen LogP contribution in [-0.4, -0.2) is 30.6 Å². The maximum Gasteiger partial charge on any atom is 0.252 e. The second-order valence-electron chi connectivity index (χ2n) is 7.28. The van der Waals surface area contributed by atoms with E-state index in [1.165, 1.54) is 0 Å². The molecule has 0 bridgehead atoms. The number of imidazole rings is 1. The molecule has 0 radical (unpaired) electrons. The fourth-order valence-electron chi connectivity index (χ4n) is 3.67. The molecule has 8 heteroatoms. The first-order chi connectivity index (χ1) is 15.1. The number of rotatable bonds is 5. The van der Waals surface area contributed by atoms with Crippen molar-refractivity contribution in [1.82, 2.24) is 30.0 Å². The summed E-state index contributed by atoms with van der Waals surface area (Å²) >= 11 is 1.60. The molecule has 5 rings (SSSR count). The average molecular weight is 429 g/mol. The van der Waals surface area contributed by atoms with E-state index < -0.39 is 0 Å². The Kier molecular flexibility index (Phi) is 4.83. The molecule has 4 aromatic heterocycles. The van der Waals surface area contributed by atoms with Crippen LogP contribution in [0.1, 0.15) is 21.6 Å². The highest BCUT2D eigenvalue weighted by Gasteiger charge is 2.19. The van der Waals surface area contributed by atoms with Gasteiger partial charge in [-0.3, -0.25) is 9.48 Å². The van der Waals surface area contributed by atoms with Gasteiger partial charge in [0.1, 0.15) is 0 Å². The van der Waals surface area contributed by atoms with E-state index >= 15 is 0 Å². The van der Waals surface area contributed by atoms with E-state index in [-0.39, 0.29) is 5.91 Å². The minimum atomic E-state index is -0.140. The SMILES string of the molecule is Cc1nn(C)c2nc(-c3cccs3)cc(C(=O)NCc3ccc(-c4cnc[nH]4)cc3)c12. The summed E-state index contributed by atoms with van der Waals surface area (Å²) in [6.07, 6.45) is 3.44. The Morgan fingerprint density at radius 1 is 1.23 bits per heavy atom. The molecule has 0 spiro atoms. The number of fused-ring (bicyclic) bond motifs is 1. The van der Waals surface area contributed by atoms with Crippen LogP contribution in [-0.2, 0) is 13.6 Å². The average Bonchev–Trinajstić information content (AvgIpc) is 3.55. The second kappa shape index (κ2) is 7.81. The van der Waals surface area contributed by atoms with E-state index in [0.29, 0.717) is 17.8 Å². The highest BCUT2D eigenvalue weighted by molar-refractivity contribution is 7.13. The zero-order chi connectivity index (χ0) is 21.4. The summed E-state index contributed by atoms with van der Waals surface area (Å²) in [5.74, 6) is -0.140. The molecule has 0 saturated carbocycles. The lowest BCUT2D eigenvalue weighted by Gasteiger charge is -2.09. The van der Waals surface area contributed by atoms with Gasteiger partial charge in [0.2, 0.25) is 0 Å². The first-order valence-electron chi connectivity index (χ1n) is 9.84. The Balaban J connectivity index is 1.43. The number of aromatic nitrogens is 5. The Morgan fingerprint density at radius 3 is 2.77 bits per heavy atom. The molecule has 1 aromatic carbocycles. The first kappa shape index (κ1) is 19.2. The number of benzene rings is 1. The Labute approximate surface area is 182 Å². The summed E-state index contributed by atoms with van der Waals surface area (Å²) in [4.78, 5) is 26.1. The van der Waals surface area contributed by atoms with E-state index in [0.717, 1.165) is 38.5 Å². The number of nitrogens with one attached hydrogen (secondary N) is 2. The number of H-pyrrole nitrogens is 1. The molecule has 0 aliphatic rings.